The van der Waals surface area contributed by atoms with Crippen LogP contribution < -0.4 is 53.9 Å². The van der Waals surface area contributed by atoms with Crippen LogP contribution in [0.5, 0.6) is 0 Å². The van der Waals surface area contributed by atoms with Crippen LogP contribution in [-0.4, -0.2) is 18.3 Å². The molecule has 2 nitrogen and oxygen atoms in total. The Kier molecular flexibility index (Phi) is 44.1. The fourth-order valence-corrected chi connectivity index (χ4v) is 20.9. The summed E-state index contributed by atoms with van der Waals surface area (Å²) < 4.78 is 0. The van der Waals surface area contributed by atoms with Gasteiger partial charge in [0.1, 0.15) is 46.4 Å². The predicted molar refractivity (Wildman–Crippen MR) is 373 cm³/mol. The predicted octanol–water partition coefficient (Wildman–Crippen LogP) is 18.0. The van der Waals surface area contributed by atoms with Crippen molar-refractivity contribution in [3.8, 4) is 0 Å². The van der Waals surface area contributed by atoms with Crippen molar-refractivity contribution in [2.75, 3.05) is 12.3 Å². The summed E-state index contributed by atoms with van der Waals surface area (Å²) in [5.74, 6) is -1.08. The van der Waals surface area contributed by atoms with Gasteiger partial charge in [-0.25, -0.2) is 0 Å². The van der Waals surface area contributed by atoms with Gasteiger partial charge < -0.3 is 26.9 Å². The molecule has 6 rings (SSSR count). The Morgan fingerprint density at radius 3 is 0.655 bits per heavy atom. The van der Waals surface area contributed by atoms with Gasteiger partial charge in [0.25, 0.3) is 0 Å². The van der Waals surface area contributed by atoms with E-state index in [0.29, 0.717) is 0 Å². The molecule has 0 aliphatic heterocycles. The van der Waals surface area contributed by atoms with Crippen molar-refractivity contribution in [1.82, 2.24) is 0 Å². The quantitative estimate of drug-likeness (QED) is 0.0217. The number of hydrogen-bond donors (Lipinski definition) is 0. The summed E-state index contributed by atoms with van der Waals surface area (Å²) in [6, 6.07) is 67.9. The minimum absolute atomic E-state index is 0. The lowest BCUT2D eigenvalue weighted by molar-refractivity contribution is -0.297. The van der Waals surface area contributed by atoms with Crippen molar-refractivity contribution in [2.45, 2.75) is 245 Å². The van der Waals surface area contributed by atoms with Crippen LogP contribution in [0.25, 0.3) is 0 Å². The molecular weight excluding hydrogens is 1120 g/mol. The first-order chi connectivity index (χ1) is 41.0. The van der Waals surface area contributed by atoms with Crippen molar-refractivity contribution in [3.05, 3.63) is 194 Å². The van der Waals surface area contributed by atoms with Crippen LogP contribution in [0.2, 0.25) is 0 Å². The zero-order chi connectivity index (χ0) is 58.8. The van der Waals surface area contributed by atoms with Crippen LogP contribution in [0, 0.1) is 0 Å². The maximum atomic E-state index is 10.1. The van der Waals surface area contributed by atoms with E-state index in [9.17, 15) is 9.90 Å². The SMILES string of the molecule is CCCCCCCCCCCCCCCCC=CC(=O)[O-].CCCCCCCCCCCC[P+](c1ccccc1)(c1ccccc1)c1ccccc1.CCCCCCCCCCCC[P+](c1ccccc1)(c1ccccc1)c1ccccc1.[Br-]. The molecule has 0 saturated carbocycles. The van der Waals surface area contributed by atoms with E-state index >= 15 is 0 Å². The second kappa shape index (κ2) is 49.9. The Morgan fingerprint density at radius 1 is 0.286 bits per heavy atom. The maximum absolute atomic E-state index is 10.1. The number of aliphatic carboxylic acids is 1. The normalized spacial score (nSPS) is 11.3. The minimum Gasteiger partial charge on any atom is -1.00 e. The lowest BCUT2D eigenvalue weighted by atomic mass is 10.0. The molecule has 0 atom stereocenters. The van der Waals surface area contributed by atoms with Crippen LogP contribution in [0.15, 0.2) is 194 Å². The summed E-state index contributed by atoms with van der Waals surface area (Å²) in [7, 11) is -3.25. The number of unbranched alkanes of at least 4 members (excludes halogenated alkanes) is 32. The highest BCUT2D eigenvalue weighted by molar-refractivity contribution is 7.96. The molecule has 0 N–H and O–H groups in total. The summed E-state index contributed by atoms with van der Waals surface area (Å²) in [6.45, 7) is 6.86. The Labute approximate surface area is 527 Å². The first-order valence-electron chi connectivity index (χ1n) is 34.0. The lowest BCUT2D eigenvalue weighted by Crippen LogP contribution is -3.00. The molecule has 6 aromatic rings. The fourth-order valence-electron chi connectivity index (χ4n) is 12.1. The topological polar surface area (TPSA) is 40.1 Å². The molecule has 0 aromatic heterocycles. The van der Waals surface area contributed by atoms with E-state index in [1.165, 1.54) is 256 Å². The standard InChI is InChI=1S/2C30H40P.C19H36O2.BrH/c2*1-2-3-4-5-6-7-8-9-10-20-27-31(28-21-14-11-15-22-28,29-23-16-12-17-24-29)30-25-18-13-19-26-30;1-2-3-4-5-6-7-8-9-10-11-12-13-14-15-16-17-18-19(20)21;/h2*11-19,21-26H,2-10,20,27H2,1H3;17-18H,2-16H2,1H3,(H,20,21);1H/q2*+1;;/p-2. The van der Waals surface area contributed by atoms with Gasteiger partial charge in [0.15, 0.2) is 0 Å². The number of allylic oxidation sites excluding steroid dienone is 1. The number of halogens is 1. The van der Waals surface area contributed by atoms with Gasteiger partial charge in [0.05, 0.1) is 18.3 Å². The van der Waals surface area contributed by atoms with Gasteiger partial charge >= 0.3 is 0 Å². The van der Waals surface area contributed by atoms with E-state index in [1.807, 2.05) is 0 Å². The van der Waals surface area contributed by atoms with E-state index in [1.54, 1.807) is 6.08 Å². The van der Waals surface area contributed by atoms with E-state index in [-0.39, 0.29) is 17.0 Å². The van der Waals surface area contributed by atoms with Crippen molar-refractivity contribution in [3.63, 3.8) is 0 Å². The smallest absolute Gasteiger partial charge is 0.112 e. The number of carbonyl (C=O) groups excluding carboxylic acids is 1. The van der Waals surface area contributed by atoms with Gasteiger partial charge in [0, 0.05) is 0 Å². The molecule has 0 aliphatic rings. The highest BCUT2D eigenvalue weighted by Gasteiger charge is 2.45. The lowest BCUT2D eigenvalue weighted by Gasteiger charge is -2.27. The second-order valence-electron chi connectivity index (χ2n) is 23.6. The van der Waals surface area contributed by atoms with Crippen molar-refractivity contribution >= 4 is 52.3 Å². The zero-order valence-corrected chi connectivity index (χ0v) is 56.6. The molecule has 84 heavy (non-hydrogen) atoms. The largest absolute Gasteiger partial charge is 1.00 e. The number of carboxylic acids is 1. The summed E-state index contributed by atoms with van der Waals surface area (Å²) in [4.78, 5) is 10.1. The highest BCUT2D eigenvalue weighted by Crippen LogP contribution is 2.57. The molecule has 5 heteroatoms. The second-order valence-corrected chi connectivity index (χ2v) is 30.8. The van der Waals surface area contributed by atoms with Gasteiger partial charge in [-0.2, -0.15) is 0 Å². The molecule has 0 fully saturated rings. The molecule has 0 amide bonds. The number of benzene rings is 6. The third-order valence-electron chi connectivity index (χ3n) is 16.9. The van der Waals surface area contributed by atoms with E-state index in [2.05, 4.69) is 203 Å². The van der Waals surface area contributed by atoms with E-state index < -0.39 is 20.5 Å². The highest BCUT2D eigenvalue weighted by atomic mass is 79.9. The molecule has 0 unspecified atom stereocenters. The maximum Gasteiger partial charge on any atom is 0.112 e. The average molecular weight is 1240 g/mol. The minimum atomic E-state index is -1.63. The van der Waals surface area contributed by atoms with Gasteiger partial charge in [-0.1, -0.05) is 322 Å². The van der Waals surface area contributed by atoms with Gasteiger partial charge in [0.2, 0.25) is 0 Å². The van der Waals surface area contributed by atoms with Crippen LogP contribution >= 0.6 is 14.5 Å². The molecule has 0 saturated heterocycles. The monoisotopic (exact) mass is 1240 g/mol. The number of rotatable bonds is 44. The fraction of sp³-hybridized carbons (Fsp3) is 0.506. The molecule has 0 aliphatic carbocycles. The molecule has 0 radical (unpaired) electrons. The summed E-state index contributed by atoms with van der Waals surface area (Å²) in [5, 5.41) is 19.3. The molecular formula is C79H115BrO2P2. The summed E-state index contributed by atoms with van der Waals surface area (Å²) >= 11 is 0. The van der Waals surface area contributed by atoms with Gasteiger partial charge in [-0.05, 0) is 117 Å². The van der Waals surface area contributed by atoms with Crippen LogP contribution in [0.4, 0.5) is 0 Å². The first kappa shape index (κ1) is 74.1. The number of carbonyl (C=O) groups is 1. The van der Waals surface area contributed by atoms with Crippen molar-refractivity contribution in [1.29, 1.82) is 0 Å². The van der Waals surface area contributed by atoms with Crippen LogP contribution in [-0.2, 0) is 4.79 Å². The molecule has 0 spiro atoms. The Bertz CT molecular complexity index is 2070. The van der Waals surface area contributed by atoms with Crippen molar-refractivity contribution in [2.24, 2.45) is 0 Å². The van der Waals surface area contributed by atoms with E-state index in [4.69, 9.17) is 0 Å². The summed E-state index contributed by atoms with van der Waals surface area (Å²) in [5.41, 5.74) is 0. The first-order valence-corrected chi connectivity index (χ1v) is 37.9. The molecule has 460 valence electrons. The molecule has 0 heterocycles. The Morgan fingerprint density at radius 2 is 0.464 bits per heavy atom. The third-order valence-corrected chi connectivity index (χ3v) is 25.9. The van der Waals surface area contributed by atoms with Crippen LogP contribution in [0.3, 0.4) is 0 Å². The molecule has 0 bridgehead atoms. The van der Waals surface area contributed by atoms with Crippen molar-refractivity contribution < 1.29 is 26.9 Å². The average Bonchev–Trinajstić information content (AvgIpc) is 1.65. The number of hydrogen-bond acceptors (Lipinski definition) is 2. The Hall–Kier alpha value is -4.13. The zero-order valence-electron chi connectivity index (χ0n) is 53.2. The molecule has 6 aromatic carbocycles. The van der Waals surface area contributed by atoms with Gasteiger partial charge in [-0.3, -0.25) is 0 Å². The summed E-state index contributed by atoms with van der Waals surface area (Å²) in [6.07, 6.45) is 53.0. The number of carboxylic acid groups (broad SMARTS) is 1. The van der Waals surface area contributed by atoms with Gasteiger partial charge in [-0.15, -0.1) is 0 Å². The third kappa shape index (κ3) is 30.0. The van der Waals surface area contributed by atoms with E-state index in [0.717, 1.165) is 18.9 Å². The van der Waals surface area contributed by atoms with Crippen LogP contribution in [0.1, 0.15) is 245 Å². The Balaban J connectivity index is 0.000000336.